The lowest BCUT2D eigenvalue weighted by Crippen LogP contribution is -2.18. The van der Waals surface area contributed by atoms with Crippen LogP contribution in [-0.2, 0) is 22.6 Å². The Balaban J connectivity index is 1.64. The lowest BCUT2D eigenvalue weighted by Gasteiger charge is -2.10. The molecule has 1 unspecified atom stereocenters. The van der Waals surface area contributed by atoms with E-state index < -0.39 is 11.9 Å². The maximum absolute atomic E-state index is 12.2. The number of aromatic nitrogens is 3. The molecule has 9 heteroatoms. The molecule has 2 heterocycles. The van der Waals surface area contributed by atoms with Crippen LogP contribution in [-0.4, -0.2) is 38.6 Å². The summed E-state index contributed by atoms with van der Waals surface area (Å²) in [6, 6.07) is 10.3. The van der Waals surface area contributed by atoms with Crippen LogP contribution < -0.4 is 15.8 Å². The summed E-state index contributed by atoms with van der Waals surface area (Å²) in [4.78, 5) is 32.1. The summed E-state index contributed by atoms with van der Waals surface area (Å²) < 4.78 is 6.63. The normalized spacial score (nSPS) is 11.6. The third-order valence-electron chi connectivity index (χ3n) is 4.30. The van der Waals surface area contributed by atoms with Gasteiger partial charge in [0, 0.05) is 18.1 Å². The molecule has 0 saturated heterocycles. The van der Waals surface area contributed by atoms with Crippen LogP contribution in [0.5, 0.6) is 5.75 Å². The van der Waals surface area contributed by atoms with Crippen molar-refractivity contribution in [1.29, 1.82) is 0 Å². The molecule has 0 fully saturated rings. The number of methoxy groups -OCH3 is 1. The zero-order chi connectivity index (χ0) is 20.8. The molecule has 0 spiro atoms. The molecule has 9 nitrogen and oxygen atoms in total. The van der Waals surface area contributed by atoms with Crippen LogP contribution in [0.1, 0.15) is 17.2 Å². The SMILES string of the molecule is COc1ccc(NC(=O)Cn2cnc(C(Cc3ccc(N)nc3)C(=O)O)c2)cc1. The van der Waals surface area contributed by atoms with Gasteiger partial charge in [-0.3, -0.25) is 9.59 Å². The number of hydrogen-bond acceptors (Lipinski definition) is 6. The zero-order valence-electron chi connectivity index (χ0n) is 15.8. The minimum absolute atomic E-state index is 0.00872. The topological polar surface area (TPSA) is 132 Å². The Morgan fingerprint density at radius 2 is 1.97 bits per heavy atom. The van der Waals surface area contributed by atoms with Gasteiger partial charge >= 0.3 is 5.97 Å². The summed E-state index contributed by atoms with van der Waals surface area (Å²) in [5, 5.41) is 12.4. The zero-order valence-corrected chi connectivity index (χ0v) is 15.8. The molecule has 0 aliphatic carbocycles. The van der Waals surface area contributed by atoms with Crippen molar-refractivity contribution in [2.75, 3.05) is 18.2 Å². The number of anilines is 2. The maximum atomic E-state index is 12.2. The summed E-state index contributed by atoms with van der Waals surface area (Å²) in [6.45, 7) is 0.00872. The van der Waals surface area contributed by atoms with Gasteiger partial charge in [-0.1, -0.05) is 6.07 Å². The number of nitrogens with zero attached hydrogens (tertiary/aromatic N) is 3. The average Bonchev–Trinajstić information content (AvgIpc) is 3.15. The van der Waals surface area contributed by atoms with E-state index in [1.54, 1.807) is 60.5 Å². The van der Waals surface area contributed by atoms with E-state index >= 15 is 0 Å². The van der Waals surface area contributed by atoms with Gasteiger partial charge in [0.25, 0.3) is 0 Å². The predicted molar refractivity (Wildman–Crippen MR) is 107 cm³/mol. The number of pyridine rings is 1. The number of aliphatic carboxylic acids is 1. The molecular weight excluding hydrogens is 374 g/mol. The van der Waals surface area contributed by atoms with Gasteiger partial charge in [-0.05, 0) is 42.3 Å². The van der Waals surface area contributed by atoms with Crippen molar-refractivity contribution in [1.82, 2.24) is 14.5 Å². The third-order valence-corrected chi connectivity index (χ3v) is 4.30. The summed E-state index contributed by atoms with van der Waals surface area (Å²) in [5.74, 6) is -1.05. The van der Waals surface area contributed by atoms with Gasteiger partial charge in [-0.15, -0.1) is 0 Å². The highest BCUT2D eigenvalue weighted by molar-refractivity contribution is 5.90. The van der Waals surface area contributed by atoms with Crippen LogP contribution in [0.3, 0.4) is 0 Å². The van der Waals surface area contributed by atoms with Gasteiger partial charge in [0.1, 0.15) is 24.0 Å². The number of carboxylic acids is 1. The van der Waals surface area contributed by atoms with Crippen LogP contribution in [0.2, 0.25) is 0 Å². The number of hydrogen-bond donors (Lipinski definition) is 3. The molecule has 2 aromatic heterocycles. The Morgan fingerprint density at radius 3 is 2.59 bits per heavy atom. The number of rotatable bonds is 8. The first-order chi connectivity index (χ1) is 13.9. The molecule has 0 aliphatic heterocycles. The fourth-order valence-electron chi connectivity index (χ4n) is 2.80. The Kier molecular flexibility index (Phi) is 6.08. The van der Waals surface area contributed by atoms with Gasteiger partial charge < -0.3 is 25.5 Å². The first-order valence-corrected chi connectivity index (χ1v) is 8.83. The van der Waals surface area contributed by atoms with Crippen LogP contribution in [0.4, 0.5) is 11.5 Å². The van der Waals surface area contributed by atoms with Crippen LogP contribution in [0.15, 0.2) is 55.1 Å². The monoisotopic (exact) mass is 395 g/mol. The number of benzene rings is 1. The number of nitrogen functional groups attached to an aromatic ring is 1. The van der Waals surface area contributed by atoms with E-state index in [0.717, 1.165) is 5.56 Å². The molecular formula is C20H21N5O4. The lowest BCUT2D eigenvalue weighted by molar-refractivity contribution is -0.138. The number of nitrogens with two attached hydrogens (primary N) is 1. The number of imidazole rings is 1. The standard InChI is InChI=1S/C20H21N5O4/c1-29-15-5-3-14(4-6-15)24-19(26)11-25-10-17(23-12-25)16(20(27)28)8-13-2-7-18(21)22-9-13/h2-7,9-10,12,16H,8,11H2,1H3,(H2,21,22)(H,24,26)(H,27,28). The van der Waals surface area contributed by atoms with Crippen LogP contribution >= 0.6 is 0 Å². The summed E-state index contributed by atoms with van der Waals surface area (Å²) >= 11 is 0. The largest absolute Gasteiger partial charge is 0.497 e. The Labute approximate surface area is 167 Å². The predicted octanol–water partition coefficient (Wildman–Crippen LogP) is 1.92. The molecule has 29 heavy (non-hydrogen) atoms. The van der Waals surface area contributed by atoms with Crippen molar-refractivity contribution < 1.29 is 19.4 Å². The van der Waals surface area contributed by atoms with E-state index in [9.17, 15) is 14.7 Å². The van der Waals surface area contributed by atoms with E-state index in [1.165, 1.54) is 6.33 Å². The first kappa shape index (κ1) is 19.9. The summed E-state index contributed by atoms with van der Waals surface area (Å²) in [6.07, 6.45) is 4.78. The minimum atomic E-state index is -1.00. The number of ether oxygens (including phenoxy) is 1. The van der Waals surface area contributed by atoms with Gasteiger partial charge in [0.2, 0.25) is 5.91 Å². The molecule has 0 aliphatic rings. The Bertz CT molecular complexity index is 983. The Hall–Kier alpha value is -3.88. The highest BCUT2D eigenvalue weighted by atomic mass is 16.5. The number of carboxylic acid groups (broad SMARTS) is 1. The van der Waals surface area contributed by atoms with Crippen molar-refractivity contribution in [3.8, 4) is 5.75 Å². The smallest absolute Gasteiger partial charge is 0.312 e. The van der Waals surface area contributed by atoms with Crippen molar-refractivity contribution in [3.63, 3.8) is 0 Å². The van der Waals surface area contributed by atoms with Crippen molar-refractivity contribution >= 4 is 23.4 Å². The molecule has 3 rings (SSSR count). The van der Waals surface area contributed by atoms with Gasteiger partial charge in [0.15, 0.2) is 0 Å². The number of amides is 1. The highest BCUT2D eigenvalue weighted by Gasteiger charge is 2.23. The molecule has 0 saturated carbocycles. The second-order valence-electron chi connectivity index (χ2n) is 6.43. The quantitative estimate of drug-likeness (QED) is 0.531. The molecule has 1 aromatic carbocycles. The van der Waals surface area contributed by atoms with E-state index in [4.69, 9.17) is 10.5 Å². The summed E-state index contributed by atoms with van der Waals surface area (Å²) in [7, 11) is 1.57. The molecule has 4 N–H and O–H groups in total. The molecule has 1 atom stereocenters. The van der Waals surface area contributed by atoms with Crippen LogP contribution in [0, 0.1) is 0 Å². The van der Waals surface area contributed by atoms with Crippen molar-refractivity contribution in [2.24, 2.45) is 0 Å². The van der Waals surface area contributed by atoms with E-state index in [1.807, 2.05) is 0 Å². The Morgan fingerprint density at radius 1 is 1.21 bits per heavy atom. The molecule has 1 amide bonds. The van der Waals surface area contributed by atoms with Crippen molar-refractivity contribution in [2.45, 2.75) is 18.9 Å². The molecule has 0 radical (unpaired) electrons. The fourth-order valence-corrected chi connectivity index (χ4v) is 2.80. The fraction of sp³-hybridized carbons (Fsp3) is 0.200. The molecule has 0 bridgehead atoms. The second kappa shape index (κ2) is 8.87. The van der Waals surface area contributed by atoms with Crippen LogP contribution in [0.25, 0.3) is 0 Å². The number of carbonyl (C=O) groups is 2. The average molecular weight is 395 g/mol. The molecule has 3 aromatic rings. The van der Waals surface area contributed by atoms with E-state index in [2.05, 4.69) is 15.3 Å². The molecule has 150 valence electrons. The van der Waals surface area contributed by atoms with Gasteiger partial charge in [-0.25, -0.2) is 9.97 Å². The lowest BCUT2D eigenvalue weighted by atomic mass is 9.98. The van der Waals surface area contributed by atoms with E-state index in [0.29, 0.717) is 22.9 Å². The van der Waals surface area contributed by atoms with Crippen molar-refractivity contribution in [3.05, 3.63) is 66.4 Å². The number of nitrogens with one attached hydrogen (secondary N) is 1. The van der Waals surface area contributed by atoms with E-state index in [-0.39, 0.29) is 18.9 Å². The second-order valence-corrected chi connectivity index (χ2v) is 6.43. The van der Waals surface area contributed by atoms with Gasteiger partial charge in [0.05, 0.1) is 19.1 Å². The minimum Gasteiger partial charge on any atom is -0.497 e. The van der Waals surface area contributed by atoms with Gasteiger partial charge in [-0.2, -0.15) is 0 Å². The number of carbonyl (C=O) groups excluding carboxylic acids is 1. The highest BCUT2D eigenvalue weighted by Crippen LogP contribution is 2.20. The summed E-state index contributed by atoms with van der Waals surface area (Å²) in [5.41, 5.74) is 7.30. The first-order valence-electron chi connectivity index (χ1n) is 8.83. The third kappa shape index (κ3) is 5.32. The maximum Gasteiger partial charge on any atom is 0.312 e.